The molecule has 4 rings (SSSR count). The number of quaternary nitrogens is 1. The monoisotopic (exact) mass is 395 g/mol. The molecule has 0 aromatic heterocycles. The summed E-state index contributed by atoms with van der Waals surface area (Å²) in [7, 11) is 1.54. The molecule has 152 valence electrons. The van der Waals surface area contributed by atoms with Crippen LogP contribution in [0.2, 0.25) is 0 Å². The van der Waals surface area contributed by atoms with E-state index in [-0.39, 0.29) is 12.2 Å². The fourth-order valence-corrected chi connectivity index (χ4v) is 4.40. The number of nitrogens with zero attached hydrogens (tertiary/aromatic N) is 1. The lowest BCUT2D eigenvalue weighted by atomic mass is 9.88. The number of aliphatic hydroxyl groups is 1. The SMILES string of the molecule is COc1cccc(C(=O)C[C@]2(O)C(=O)N(C[NH+]3CCCCC3)c3ccccc32)c1. The Kier molecular flexibility index (Phi) is 5.39. The summed E-state index contributed by atoms with van der Waals surface area (Å²) >= 11 is 0. The van der Waals surface area contributed by atoms with Gasteiger partial charge < -0.3 is 14.7 Å². The first-order valence-electron chi connectivity index (χ1n) is 10.2. The zero-order chi connectivity index (χ0) is 20.4. The molecule has 0 aliphatic carbocycles. The van der Waals surface area contributed by atoms with E-state index in [0.29, 0.717) is 29.2 Å². The molecule has 0 spiro atoms. The number of ketones is 1. The van der Waals surface area contributed by atoms with Gasteiger partial charge in [0.1, 0.15) is 5.75 Å². The number of benzene rings is 2. The number of para-hydroxylation sites is 1. The predicted molar refractivity (Wildman–Crippen MR) is 109 cm³/mol. The summed E-state index contributed by atoms with van der Waals surface area (Å²) in [4.78, 5) is 29.3. The molecule has 2 aliphatic rings. The summed E-state index contributed by atoms with van der Waals surface area (Å²) in [6.45, 7) is 2.56. The summed E-state index contributed by atoms with van der Waals surface area (Å²) in [6.07, 6.45) is 3.24. The lowest BCUT2D eigenvalue weighted by Crippen LogP contribution is -3.14. The number of piperidine rings is 1. The molecule has 0 saturated carbocycles. The number of methoxy groups -OCH3 is 1. The van der Waals surface area contributed by atoms with Crippen LogP contribution >= 0.6 is 0 Å². The minimum Gasteiger partial charge on any atom is -0.497 e. The maximum atomic E-state index is 13.3. The molecule has 1 fully saturated rings. The van der Waals surface area contributed by atoms with Gasteiger partial charge in [-0.05, 0) is 37.5 Å². The van der Waals surface area contributed by atoms with Crippen LogP contribution in [0.4, 0.5) is 5.69 Å². The molecule has 2 heterocycles. The van der Waals surface area contributed by atoms with Crippen molar-refractivity contribution in [2.75, 3.05) is 31.8 Å². The second kappa shape index (κ2) is 7.97. The molecule has 2 aromatic carbocycles. The largest absolute Gasteiger partial charge is 0.497 e. The number of rotatable bonds is 6. The minimum absolute atomic E-state index is 0.290. The smallest absolute Gasteiger partial charge is 0.268 e. The van der Waals surface area contributed by atoms with Crippen LogP contribution in [0.5, 0.6) is 5.75 Å². The number of ether oxygens (including phenoxy) is 1. The Bertz CT molecular complexity index is 923. The van der Waals surface area contributed by atoms with Crippen LogP contribution < -0.4 is 14.5 Å². The Morgan fingerprint density at radius 1 is 1.14 bits per heavy atom. The van der Waals surface area contributed by atoms with E-state index in [1.165, 1.54) is 18.4 Å². The van der Waals surface area contributed by atoms with Crippen molar-refractivity contribution in [3.8, 4) is 5.75 Å². The molecule has 6 nitrogen and oxygen atoms in total. The van der Waals surface area contributed by atoms with Crippen molar-refractivity contribution in [3.63, 3.8) is 0 Å². The number of likely N-dealkylation sites (tertiary alicyclic amines) is 1. The molecule has 0 unspecified atom stereocenters. The summed E-state index contributed by atoms with van der Waals surface area (Å²) in [5.41, 5.74) is -0.205. The fraction of sp³-hybridized carbons (Fsp3) is 0.391. The number of amides is 1. The van der Waals surface area contributed by atoms with E-state index in [1.807, 2.05) is 12.1 Å². The molecule has 0 radical (unpaired) electrons. The van der Waals surface area contributed by atoms with Crippen LogP contribution in [-0.4, -0.2) is 43.7 Å². The number of Topliss-reactive ketones (excluding diaryl/α,β-unsaturated/α-hetero) is 1. The number of fused-ring (bicyclic) bond motifs is 1. The maximum Gasteiger partial charge on any atom is 0.268 e. The molecule has 2 aliphatic heterocycles. The van der Waals surface area contributed by atoms with Gasteiger partial charge in [0, 0.05) is 11.1 Å². The van der Waals surface area contributed by atoms with E-state index >= 15 is 0 Å². The van der Waals surface area contributed by atoms with Crippen molar-refractivity contribution in [1.29, 1.82) is 0 Å². The molecule has 0 bridgehead atoms. The molecule has 1 amide bonds. The fourth-order valence-electron chi connectivity index (χ4n) is 4.40. The number of carbonyl (C=O) groups excluding carboxylic acids is 2. The third kappa shape index (κ3) is 3.66. The van der Waals surface area contributed by atoms with Crippen LogP contribution in [0.1, 0.15) is 41.6 Å². The van der Waals surface area contributed by atoms with Crippen LogP contribution in [0.15, 0.2) is 48.5 Å². The number of anilines is 1. The van der Waals surface area contributed by atoms with Gasteiger partial charge in [0.15, 0.2) is 18.1 Å². The lowest BCUT2D eigenvalue weighted by molar-refractivity contribution is -0.903. The Morgan fingerprint density at radius 3 is 2.66 bits per heavy atom. The van der Waals surface area contributed by atoms with Gasteiger partial charge in [-0.15, -0.1) is 0 Å². The maximum absolute atomic E-state index is 13.3. The molecule has 29 heavy (non-hydrogen) atoms. The minimum atomic E-state index is -1.84. The van der Waals surface area contributed by atoms with E-state index in [4.69, 9.17) is 4.74 Å². The first-order chi connectivity index (χ1) is 14.0. The van der Waals surface area contributed by atoms with E-state index in [0.717, 1.165) is 25.9 Å². The molecule has 6 heteroatoms. The van der Waals surface area contributed by atoms with Crippen LogP contribution in [0.3, 0.4) is 0 Å². The summed E-state index contributed by atoms with van der Waals surface area (Å²) in [5, 5.41) is 11.4. The highest BCUT2D eigenvalue weighted by Gasteiger charge is 2.51. The molecular formula is C23H27N2O4+. The third-order valence-electron chi connectivity index (χ3n) is 5.99. The topological polar surface area (TPSA) is 71.3 Å². The van der Waals surface area contributed by atoms with Crippen molar-refractivity contribution in [1.82, 2.24) is 0 Å². The van der Waals surface area contributed by atoms with Gasteiger partial charge >= 0.3 is 0 Å². The van der Waals surface area contributed by atoms with E-state index in [9.17, 15) is 14.7 Å². The number of hydrogen-bond acceptors (Lipinski definition) is 4. The highest BCUT2D eigenvalue weighted by atomic mass is 16.5. The average molecular weight is 395 g/mol. The van der Waals surface area contributed by atoms with Crippen LogP contribution in [0, 0.1) is 0 Å². The molecule has 2 N–H and O–H groups in total. The summed E-state index contributed by atoms with van der Waals surface area (Å²) in [5.74, 6) is -0.133. The quantitative estimate of drug-likeness (QED) is 0.728. The van der Waals surface area contributed by atoms with Crippen LogP contribution in [-0.2, 0) is 10.4 Å². The van der Waals surface area contributed by atoms with Gasteiger partial charge in [0.2, 0.25) is 0 Å². The zero-order valence-corrected chi connectivity index (χ0v) is 16.7. The summed E-state index contributed by atoms with van der Waals surface area (Å²) < 4.78 is 5.19. The van der Waals surface area contributed by atoms with Gasteiger partial charge in [-0.2, -0.15) is 0 Å². The first-order valence-corrected chi connectivity index (χ1v) is 10.2. The molecule has 2 aromatic rings. The average Bonchev–Trinajstić information content (AvgIpc) is 2.96. The van der Waals surface area contributed by atoms with Crippen molar-refractivity contribution >= 4 is 17.4 Å². The van der Waals surface area contributed by atoms with E-state index in [1.54, 1.807) is 41.3 Å². The number of nitrogens with one attached hydrogen (secondary N) is 1. The Labute approximate surface area is 170 Å². The van der Waals surface area contributed by atoms with E-state index < -0.39 is 11.5 Å². The van der Waals surface area contributed by atoms with Crippen molar-refractivity contribution < 1.29 is 24.3 Å². The van der Waals surface area contributed by atoms with Gasteiger partial charge in [0.25, 0.3) is 5.91 Å². The highest BCUT2D eigenvalue weighted by molar-refractivity contribution is 6.10. The van der Waals surface area contributed by atoms with Crippen molar-refractivity contribution in [2.45, 2.75) is 31.3 Å². The second-order valence-corrected chi connectivity index (χ2v) is 7.91. The second-order valence-electron chi connectivity index (χ2n) is 7.91. The van der Waals surface area contributed by atoms with Gasteiger partial charge in [-0.1, -0.05) is 30.3 Å². The first kappa shape index (κ1) is 19.6. The lowest BCUT2D eigenvalue weighted by Gasteiger charge is -2.29. The standard InChI is InChI=1S/C23H26N2O4/c1-29-18-9-7-8-17(14-18)21(26)15-23(28)19-10-3-4-11-20(19)25(22(23)27)16-24-12-5-2-6-13-24/h3-4,7-11,14,28H,2,5-6,12-13,15-16H2,1H3/p+1/t23-/m1/s1. The zero-order valence-electron chi connectivity index (χ0n) is 16.7. The molecule has 1 atom stereocenters. The van der Waals surface area contributed by atoms with Gasteiger partial charge in [-0.25, -0.2) is 0 Å². The summed E-state index contributed by atoms with van der Waals surface area (Å²) in [6, 6.07) is 14.0. The van der Waals surface area contributed by atoms with Gasteiger partial charge in [0.05, 0.1) is 32.3 Å². The van der Waals surface area contributed by atoms with Crippen molar-refractivity contribution in [3.05, 3.63) is 59.7 Å². The van der Waals surface area contributed by atoms with E-state index in [2.05, 4.69) is 0 Å². The van der Waals surface area contributed by atoms with Crippen LogP contribution in [0.25, 0.3) is 0 Å². The number of carbonyl (C=O) groups is 2. The Morgan fingerprint density at radius 2 is 1.90 bits per heavy atom. The normalized spacial score (nSPS) is 21.9. The van der Waals surface area contributed by atoms with Gasteiger partial charge in [-0.3, -0.25) is 14.5 Å². The Hall–Kier alpha value is -2.70. The third-order valence-corrected chi connectivity index (χ3v) is 5.99. The number of hydrogen-bond donors (Lipinski definition) is 2. The predicted octanol–water partition coefficient (Wildman–Crippen LogP) is 1.53. The Balaban J connectivity index is 1.61. The van der Waals surface area contributed by atoms with Crippen molar-refractivity contribution in [2.24, 2.45) is 0 Å². The molecule has 1 saturated heterocycles. The highest BCUT2D eigenvalue weighted by Crippen LogP contribution is 2.42. The molecular weight excluding hydrogens is 368 g/mol.